The Hall–Kier alpha value is -5.85. The molecule has 0 saturated carbocycles. The highest BCUT2D eigenvalue weighted by Crippen LogP contribution is 2.57. The largest absolute Gasteiger partial charge is 0.135 e. The van der Waals surface area contributed by atoms with Gasteiger partial charge in [0.25, 0.3) is 0 Å². The van der Waals surface area contributed by atoms with E-state index in [2.05, 4.69) is 188 Å². The Bertz CT molecular complexity index is 2950. The first-order chi connectivity index (χ1) is 25.8. The molecule has 1 heterocycles. The molecule has 0 nitrogen and oxygen atoms in total. The van der Waals surface area contributed by atoms with Crippen molar-refractivity contribution in [3.05, 3.63) is 188 Å². The monoisotopic (exact) mass is 694 g/mol. The summed E-state index contributed by atoms with van der Waals surface area (Å²) in [6.45, 7) is 0. The summed E-state index contributed by atoms with van der Waals surface area (Å²) in [5, 5.41) is 12.0. The van der Waals surface area contributed by atoms with Crippen LogP contribution in [0.5, 0.6) is 0 Å². The van der Waals surface area contributed by atoms with Gasteiger partial charge in [-0.25, -0.2) is 0 Å². The van der Waals surface area contributed by atoms with Crippen molar-refractivity contribution in [3.8, 4) is 44.5 Å². The van der Waals surface area contributed by atoms with Crippen LogP contribution in [0.4, 0.5) is 0 Å². The summed E-state index contributed by atoms with van der Waals surface area (Å²) < 4.78 is 2.66. The van der Waals surface area contributed by atoms with Gasteiger partial charge >= 0.3 is 0 Å². The van der Waals surface area contributed by atoms with Gasteiger partial charge in [-0.3, -0.25) is 0 Å². The summed E-state index contributed by atoms with van der Waals surface area (Å²) in [5.74, 6) is 0. The van der Waals surface area contributed by atoms with E-state index in [1.54, 1.807) is 0 Å². The van der Waals surface area contributed by atoms with Crippen LogP contribution in [0.2, 0.25) is 0 Å². The smallest absolute Gasteiger partial charge is 0.0355 e. The minimum absolute atomic E-state index is 0.701. The van der Waals surface area contributed by atoms with Crippen molar-refractivity contribution < 1.29 is 0 Å². The fourth-order valence-corrected chi connectivity index (χ4v) is 12.0. The second-order valence-corrected chi connectivity index (χ2v) is 16.9. The van der Waals surface area contributed by atoms with Crippen LogP contribution >= 0.6 is 19.3 Å². The molecule has 0 bridgehead atoms. The third-order valence-electron chi connectivity index (χ3n) is 10.8. The Labute approximate surface area is 308 Å². The highest BCUT2D eigenvalue weighted by Gasteiger charge is 2.30. The fraction of sp³-hybridized carbons (Fsp3) is 0. The molecule has 0 N–H and O–H groups in total. The Morgan fingerprint density at radius 3 is 1.46 bits per heavy atom. The van der Waals surface area contributed by atoms with Crippen LogP contribution in [0, 0.1) is 0 Å². The van der Waals surface area contributed by atoms with Crippen molar-refractivity contribution >= 4 is 76.9 Å². The average Bonchev–Trinajstić information content (AvgIpc) is 3.74. The van der Waals surface area contributed by atoms with Gasteiger partial charge in [0.2, 0.25) is 0 Å². The lowest BCUT2D eigenvalue weighted by molar-refractivity contribution is 1.63. The van der Waals surface area contributed by atoms with Gasteiger partial charge in [-0.2, -0.15) is 0 Å². The van der Waals surface area contributed by atoms with Gasteiger partial charge in [0.1, 0.15) is 0 Å². The van der Waals surface area contributed by atoms with Crippen molar-refractivity contribution in [2.45, 2.75) is 0 Å². The van der Waals surface area contributed by atoms with Crippen LogP contribution in [0.3, 0.4) is 0 Å². The lowest BCUT2D eigenvalue weighted by Gasteiger charge is -2.20. The summed E-state index contributed by atoms with van der Waals surface area (Å²) in [5.41, 5.74) is 10.5. The maximum atomic E-state index is 2.49. The van der Waals surface area contributed by atoms with E-state index < -0.39 is 7.92 Å². The van der Waals surface area contributed by atoms with E-state index in [0.717, 1.165) is 0 Å². The van der Waals surface area contributed by atoms with Gasteiger partial charge in [0, 0.05) is 20.2 Å². The third-order valence-corrected chi connectivity index (χ3v) is 14.3. The summed E-state index contributed by atoms with van der Waals surface area (Å²) in [7, 11) is -0.701. The van der Waals surface area contributed by atoms with E-state index in [1.807, 2.05) is 11.3 Å². The second-order valence-electron chi connectivity index (χ2n) is 13.6. The van der Waals surface area contributed by atoms with Gasteiger partial charge in [0.15, 0.2) is 0 Å². The zero-order chi connectivity index (χ0) is 34.2. The van der Waals surface area contributed by atoms with Crippen LogP contribution in [-0.2, 0) is 0 Å². The molecule has 0 spiro atoms. The molecule has 1 aliphatic rings. The molecule has 1 aliphatic carbocycles. The minimum atomic E-state index is -0.701. The van der Waals surface area contributed by atoms with E-state index in [1.165, 1.54) is 102 Å². The summed E-state index contributed by atoms with van der Waals surface area (Å²) in [6.07, 6.45) is 0. The first-order valence-electron chi connectivity index (χ1n) is 17.9. The molecule has 11 rings (SSSR count). The predicted octanol–water partition coefficient (Wildman–Crippen LogP) is 13.1. The molecule has 2 heteroatoms. The van der Waals surface area contributed by atoms with Gasteiger partial charge in [-0.15, -0.1) is 11.3 Å². The van der Waals surface area contributed by atoms with Crippen molar-refractivity contribution in [1.82, 2.24) is 0 Å². The Kier molecular flexibility index (Phi) is 6.80. The van der Waals surface area contributed by atoms with E-state index in [-0.39, 0.29) is 0 Å². The van der Waals surface area contributed by atoms with Crippen LogP contribution in [0.1, 0.15) is 0 Å². The molecule has 1 aromatic heterocycles. The molecular formula is C50H31PS. The molecule has 0 saturated heterocycles. The van der Waals surface area contributed by atoms with Crippen LogP contribution in [0.15, 0.2) is 188 Å². The number of rotatable bonds is 5. The topological polar surface area (TPSA) is 0 Å². The van der Waals surface area contributed by atoms with Crippen LogP contribution < -0.4 is 15.9 Å². The zero-order valence-corrected chi connectivity index (χ0v) is 30.0. The summed E-state index contributed by atoms with van der Waals surface area (Å²) in [4.78, 5) is 0. The van der Waals surface area contributed by atoms with Crippen molar-refractivity contribution in [1.29, 1.82) is 0 Å². The fourth-order valence-electron chi connectivity index (χ4n) is 8.60. The molecule has 0 amide bonds. The first-order valence-corrected chi connectivity index (χ1v) is 20.0. The van der Waals surface area contributed by atoms with E-state index in [4.69, 9.17) is 0 Å². The predicted molar refractivity (Wildman–Crippen MR) is 228 cm³/mol. The quantitative estimate of drug-likeness (QED) is 0.157. The summed E-state index contributed by atoms with van der Waals surface area (Å²) in [6, 6.07) is 70.2. The Morgan fingerprint density at radius 1 is 0.327 bits per heavy atom. The van der Waals surface area contributed by atoms with Gasteiger partial charge in [0.05, 0.1) is 0 Å². The Balaban J connectivity index is 1.20. The lowest BCUT2D eigenvalue weighted by atomic mass is 9.82. The number of fused-ring (bicyclic) bond motifs is 7. The number of benzene rings is 9. The first kappa shape index (κ1) is 29.8. The SMILES string of the molecule is c1ccc(-c2c3c(c(-c4ccc5sc6ccc(P(c7ccccc7)c7ccccc7)cc6c5c4)c4ccccc24)-c2cccc4cccc-3c24)cc1. The summed E-state index contributed by atoms with van der Waals surface area (Å²) >= 11 is 1.90. The van der Waals surface area contributed by atoms with Crippen molar-refractivity contribution in [3.63, 3.8) is 0 Å². The number of hydrogen-bond acceptors (Lipinski definition) is 1. The Morgan fingerprint density at radius 2 is 0.846 bits per heavy atom. The van der Waals surface area contributed by atoms with Gasteiger partial charge < -0.3 is 0 Å². The average molecular weight is 695 g/mol. The van der Waals surface area contributed by atoms with Gasteiger partial charge in [-0.05, 0) is 114 Å². The third kappa shape index (κ3) is 4.50. The van der Waals surface area contributed by atoms with Crippen LogP contribution in [-0.4, -0.2) is 0 Å². The number of thiophene rings is 1. The van der Waals surface area contributed by atoms with E-state index in [9.17, 15) is 0 Å². The normalized spacial score (nSPS) is 12.0. The molecule has 0 radical (unpaired) electrons. The number of hydrogen-bond donors (Lipinski definition) is 0. The molecular weight excluding hydrogens is 664 g/mol. The maximum absolute atomic E-state index is 2.49. The standard InChI is InChI=1S/C50H31PS/c1-4-14-33(15-5-1)47-38-22-10-11-23-39(38)48(50-41-25-13-17-32-16-12-24-40(46(32)41)49(47)50)34-26-28-44-42(30-34)43-31-37(27-29-45(43)52-44)51(35-18-6-2-7-19-35)36-20-8-3-9-21-36/h1-31H. The minimum Gasteiger partial charge on any atom is -0.135 e. The van der Waals surface area contributed by atoms with E-state index in [0.29, 0.717) is 0 Å². The highest BCUT2D eigenvalue weighted by atomic mass is 32.1. The van der Waals surface area contributed by atoms with Gasteiger partial charge in [-0.1, -0.05) is 164 Å². The molecule has 0 atom stereocenters. The molecule has 52 heavy (non-hydrogen) atoms. The van der Waals surface area contributed by atoms with Crippen LogP contribution in [0.25, 0.3) is 86.2 Å². The molecule has 0 fully saturated rings. The highest BCUT2D eigenvalue weighted by molar-refractivity contribution is 7.79. The molecule has 0 aliphatic heterocycles. The van der Waals surface area contributed by atoms with E-state index >= 15 is 0 Å². The van der Waals surface area contributed by atoms with Crippen molar-refractivity contribution in [2.75, 3.05) is 0 Å². The zero-order valence-electron chi connectivity index (χ0n) is 28.3. The second kappa shape index (κ2) is 11.9. The molecule has 9 aromatic carbocycles. The molecule has 10 aromatic rings. The lowest BCUT2D eigenvalue weighted by Crippen LogP contribution is -2.20. The van der Waals surface area contributed by atoms with Crippen molar-refractivity contribution in [2.24, 2.45) is 0 Å². The molecule has 242 valence electrons. The maximum Gasteiger partial charge on any atom is 0.0355 e. The molecule has 0 unspecified atom stereocenters.